The van der Waals surface area contributed by atoms with Crippen molar-refractivity contribution in [2.45, 2.75) is 25.9 Å². The number of carbonyl (C=O) groups is 2. The van der Waals surface area contributed by atoms with Gasteiger partial charge in [0, 0.05) is 11.6 Å². The van der Waals surface area contributed by atoms with Crippen LogP contribution in [0.4, 0.5) is 0 Å². The van der Waals surface area contributed by atoms with E-state index in [1.165, 1.54) is 0 Å². The molecule has 0 aliphatic carbocycles. The van der Waals surface area contributed by atoms with Gasteiger partial charge in [-0.15, -0.1) is 0 Å². The van der Waals surface area contributed by atoms with E-state index in [9.17, 15) is 9.59 Å². The predicted octanol–water partition coefficient (Wildman–Crippen LogP) is 0.843. The lowest BCUT2D eigenvalue weighted by Gasteiger charge is -2.13. The van der Waals surface area contributed by atoms with Gasteiger partial charge in [-0.05, 0) is 18.1 Å². The number of hydrogen-bond acceptors (Lipinski definition) is 3. The van der Waals surface area contributed by atoms with Crippen LogP contribution in [0.1, 0.15) is 18.9 Å². The topological polar surface area (TPSA) is 78.4 Å². The van der Waals surface area contributed by atoms with Gasteiger partial charge in [0.1, 0.15) is 0 Å². The van der Waals surface area contributed by atoms with Crippen molar-refractivity contribution in [2.75, 3.05) is 6.61 Å². The molecule has 5 nitrogen and oxygen atoms in total. The number of hydrogen-bond donors (Lipinski definition) is 3. The maximum Gasteiger partial charge on any atom is 0.309 e. The second-order valence-corrected chi connectivity index (χ2v) is 4.44. The Morgan fingerprint density at radius 3 is 2.58 bits per heavy atom. The van der Waals surface area contributed by atoms with Crippen molar-refractivity contribution in [1.29, 1.82) is 0 Å². The molecule has 0 unspecified atom stereocenters. The molecule has 0 aliphatic heterocycles. The summed E-state index contributed by atoms with van der Waals surface area (Å²) in [6.45, 7) is 1.80. The lowest BCUT2D eigenvalue weighted by Crippen LogP contribution is -2.45. The van der Waals surface area contributed by atoms with Gasteiger partial charge in [0.15, 0.2) is 0 Å². The summed E-state index contributed by atoms with van der Waals surface area (Å²) in [6.07, 6.45) is 0.556. The SMILES string of the molecule is CC[C@@H](CO)NC(=O)C(=O)NCc1ccccc1Cl. The molecule has 0 radical (unpaired) electrons. The van der Waals surface area contributed by atoms with E-state index in [1.807, 2.05) is 6.92 Å². The van der Waals surface area contributed by atoms with Crippen molar-refractivity contribution in [1.82, 2.24) is 10.6 Å². The number of halogens is 1. The molecule has 0 aliphatic rings. The number of aliphatic hydroxyl groups is 1. The molecule has 0 saturated heterocycles. The molecule has 104 valence electrons. The zero-order valence-electron chi connectivity index (χ0n) is 10.6. The Kier molecular flexibility index (Phi) is 6.32. The van der Waals surface area contributed by atoms with E-state index in [1.54, 1.807) is 24.3 Å². The molecule has 1 atom stereocenters. The molecule has 0 saturated carbocycles. The van der Waals surface area contributed by atoms with E-state index in [2.05, 4.69) is 10.6 Å². The van der Waals surface area contributed by atoms with Crippen molar-refractivity contribution in [3.63, 3.8) is 0 Å². The first-order chi connectivity index (χ1) is 9.08. The molecular formula is C13H17ClN2O3. The summed E-state index contributed by atoms with van der Waals surface area (Å²) in [5.74, 6) is -1.50. The Labute approximate surface area is 117 Å². The standard InChI is InChI=1S/C13H17ClN2O3/c1-2-10(8-17)16-13(19)12(18)15-7-9-5-3-4-6-11(9)14/h3-6,10,17H,2,7-8H2,1H3,(H,15,18)(H,16,19)/t10-/m0/s1. The van der Waals surface area contributed by atoms with E-state index in [4.69, 9.17) is 16.7 Å². The average molecular weight is 285 g/mol. The molecule has 6 heteroatoms. The highest BCUT2D eigenvalue weighted by molar-refractivity contribution is 6.35. The van der Waals surface area contributed by atoms with Crippen molar-refractivity contribution in [3.05, 3.63) is 34.9 Å². The number of amides is 2. The fourth-order valence-corrected chi connectivity index (χ4v) is 1.63. The first-order valence-electron chi connectivity index (χ1n) is 6.01. The summed E-state index contributed by atoms with van der Waals surface area (Å²) in [5.41, 5.74) is 0.736. The minimum absolute atomic E-state index is 0.182. The summed E-state index contributed by atoms with van der Waals surface area (Å²) in [4.78, 5) is 23.1. The van der Waals surface area contributed by atoms with Gasteiger partial charge in [0.05, 0.1) is 12.6 Å². The number of aliphatic hydroxyl groups excluding tert-OH is 1. The van der Waals surface area contributed by atoms with Crippen LogP contribution in [0.2, 0.25) is 5.02 Å². The van der Waals surface area contributed by atoms with E-state index < -0.39 is 17.9 Å². The number of carbonyl (C=O) groups excluding carboxylic acids is 2. The highest BCUT2D eigenvalue weighted by Crippen LogP contribution is 2.14. The van der Waals surface area contributed by atoms with Gasteiger partial charge in [-0.2, -0.15) is 0 Å². The molecule has 0 spiro atoms. The minimum Gasteiger partial charge on any atom is -0.394 e. The Balaban J connectivity index is 2.47. The zero-order chi connectivity index (χ0) is 14.3. The first kappa shape index (κ1) is 15.5. The van der Waals surface area contributed by atoms with Crippen molar-refractivity contribution >= 4 is 23.4 Å². The van der Waals surface area contributed by atoms with E-state index >= 15 is 0 Å². The smallest absolute Gasteiger partial charge is 0.309 e. The molecule has 1 aromatic carbocycles. The van der Waals surface area contributed by atoms with E-state index in [-0.39, 0.29) is 13.2 Å². The van der Waals surface area contributed by atoms with Gasteiger partial charge in [0.2, 0.25) is 0 Å². The molecule has 1 aromatic rings. The summed E-state index contributed by atoms with van der Waals surface area (Å²) >= 11 is 5.93. The van der Waals surface area contributed by atoms with Crippen LogP contribution in [0.5, 0.6) is 0 Å². The lowest BCUT2D eigenvalue weighted by atomic mass is 10.2. The molecule has 2 amide bonds. The third-order valence-corrected chi connectivity index (χ3v) is 3.02. The summed E-state index contributed by atoms with van der Waals surface area (Å²) in [6, 6.07) is 6.66. The highest BCUT2D eigenvalue weighted by atomic mass is 35.5. The number of benzene rings is 1. The van der Waals surface area contributed by atoms with Gasteiger partial charge in [0.25, 0.3) is 0 Å². The van der Waals surface area contributed by atoms with Crippen molar-refractivity contribution in [3.8, 4) is 0 Å². The van der Waals surface area contributed by atoms with E-state index in [0.29, 0.717) is 11.4 Å². The fraction of sp³-hybridized carbons (Fsp3) is 0.385. The third-order valence-electron chi connectivity index (χ3n) is 2.65. The van der Waals surface area contributed by atoms with Gasteiger partial charge >= 0.3 is 11.8 Å². The zero-order valence-corrected chi connectivity index (χ0v) is 11.4. The fourth-order valence-electron chi connectivity index (χ4n) is 1.43. The molecule has 0 fully saturated rings. The van der Waals surface area contributed by atoms with Gasteiger partial charge in [-0.1, -0.05) is 36.7 Å². The quantitative estimate of drug-likeness (QED) is 0.701. The molecular weight excluding hydrogens is 268 g/mol. The van der Waals surface area contributed by atoms with Crippen LogP contribution in [-0.4, -0.2) is 29.6 Å². The lowest BCUT2D eigenvalue weighted by molar-refractivity contribution is -0.139. The molecule has 3 N–H and O–H groups in total. The monoisotopic (exact) mass is 284 g/mol. The third kappa shape index (κ3) is 4.89. The van der Waals surface area contributed by atoms with Crippen LogP contribution in [0.25, 0.3) is 0 Å². The highest BCUT2D eigenvalue weighted by Gasteiger charge is 2.16. The number of nitrogens with one attached hydrogen (secondary N) is 2. The van der Waals surface area contributed by atoms with Gasteiger partial charge in [-0.3, -0.25) is 9.59 Å². The Morgan fingerprint density at radius 1 is 1.32 bits per heavy atom. The maximum absolute atomic E-state index is 11.5. The predicted molar refractivity (Wildman–Crippen MR) is 72.6 cm³/mol. The van der Waals surface area contributed by atoms with Crippen molar-refractivity contribution in [2.24, 2.45) is 0 Å². The van der Waals surface area contributed by atoms with Crippen LogP contribution in [0, 0.1) is 0 Å². The Morgan fingerprint density at radius 2 is 2.00 bits per heavy atom. The van der Waals surface area contributed by atoms with Crippen LogP contribution in [0.15, 0.2) is 24.3 Å². The molecule has 1 rings (SSSR count). The Bertz CT molecular complexity index is 447. The molecule has 0 heterocycles. The van der Waals surface area contributed by atoms with Gasteiger partial charge < -0.3 is 15.7 Å². The minimum atomic E-state index is -0.757. The largest absolute Gasteiger partial charge is 0.394 e. The second kappa shape index (κ2) is 7.76. The normalized spacial score (nSPS) is 11.7. The molecule has 0 aromatic heterocycles. The summed E-state index contributed by atoms with van der Waals surface area (Å²) in [5, 5.41) is 14.4. The Hall–Kier alpha value is -1.59. The van der Waals surface area contributed by atoms with Crippen LogP contribution < -0.4 is 10.6 Å². The second-order valence-electron chi connectivity index (χ2n) is 4.04. The van der Waals surface area contributed by atoms with Crippen LogP contribution >= 0.6 is 11.6 Å². The molecule has 0 bridgehead atoms. The average Bonchev–Trinajstić information content (AvgIpc) is 2.43. The van der Waals surface area contributed by atoms with Crippen molar-refractivity contribution < 1.29 is 14.7 Å². The maximum atomic E-state index is 11.5. The number of rotatable bonds is 5. The van der Waals surface area contributed by atoms with Gasteiger partial charge in [-0.25, -0.2) is 0 Å². The summed E-state index contributed by atoms with van der Waals surface area (Å²) in [7, 11) is 0. The first-order valence-corrected chi connectivity index (χ1v) is 6.39. The summed E-state index contributed by atoms with van der Waals surface area (Å²) < 4.78 is 0. The van der Waals surface area contributed by atoms with Crippen LogP contribution in [0.3, 0.4) is 0 Å². The van der Waals surface area contributed by atoms with Crippen LogP contribution in [-0.2, 0) is 16.1 Å². The van der Waals surface area contributed by atoms with E-state index in [0.717, 1.165) is 5.56 Å². The molecule has 19 heavy (non-hydrogen) atoms.